The lowest BCUT2D eigenvalue weighted by Crippen LogP contribution is -2.30. The Kier molecular flexibility index (Phi) is 6.52. The van der Waals surface area contributed by atoms with Gasteiger partial charge in [-0.3, -0.25) is 9.59 Å². The van der Waals surface area contributed by atoms with Crippen LogP contribution in [0.3, 0.4) is 0 Å². The molecule has 0 aromatic heterocycles. The summed E-state index contributed by atoms with van der Waals surface area (Å²) in [4.78, 5) is 23.8. The topological polar surface area (TPSA) is 58.2 Å². The van der Waals surface area contributed by atoms with Gasteiger partial charge >= 0.3 is 0 Å². The van der Waals surface area contributed by atoms with Gasteiger partial charge in [-0.1, -0.05) is 56.3 Å². The molecule has 0 aliphatic heterocycles. The quantitative estimate of drug-likeness (QED) is 0.792. The summed E-state index contributed by atoms with van der Waals surface area (Å²) in [6.07, 6.45) is 3.26. The second-order valence-electron chi connectivity index (χ2n) is 6.18. The minimum absolute atomic E-state index is 0.0334. The Morgan fingerprint density at radius 2 is 1.60 bits per heavy atom. The summed E-state index contributed by atoms with van der Waals surface area (Å²) in [5.74, 6) is 0.0143. The predicted octanol–water partition coefficient (Wildman–Crippen LogP) is 3.57. The standard InChI is InChI=1S/C21H24N2O2/c1-15(2)20(17-7-5-4-6-8-17)23-19(24)14-11-16-9-12-18(13-10-16)21(25)22-3/h4-15,20H,1-3H3,(H,22,25)(H,23,24)/b14-11+. The van der Waals surface area contributed by atoms with Crippen molar-refractivity contribution in [2.24, 2.45) is 5.92 Å². The molecule has 4 nitrogen and oxygen atoms in total. The third-order valence-corrected chi connectivity index (χ3v) is 3.95. The first-order valence-electron chi connectivity index (χ1n) is 8.37. The molecular formula is C21H24N2O2. The van der Waals surface area contributed by atoms with Crippen molar-refractivity contribution in [2.45, 2.75) is 19.9 Å². The lowest BCUT2D eigenvalue weighted by molar-refractivity contribution is -0.117. The second kappa shape index (κ2) is 8.83. The minimum atomic E-state index is -0.141. The number of benzene rings is 2. The number of hydrogen-bond donors (Lipinski definition) is 2. The Hall–Kier alpha value is -2.88. The normalized spacial score (nSPS) is 12.2. The fourth-order valence-corrected chi connectivity index (χ4v) is 2.56. The molecule has 2 N–H and O–H groups in total. The number of carbonyl (C=O) groups excluding carboxylic acids is 2. The summed E-state index contributed by atoms with van der Waals surface area (Å²) >= 11 is 0. The molecular weight excluding hydrogens is 312 g/mol. The summed E-state index contributed by atoms with van der Waals surface area (Å²) in [6, 6.07) is 17.0. The molecule has 25 heavy (non-hydrogen) atoms. The Morgan fingerprint density at radius 1 is 0.960 bits per heavy atom. The number of amides is 2. The highest BCUT2D eigenvalue weighted by atomic mass is 16.2. The van der Waals surface area contributed by atoms with Gasteiger partial charge in [0.05, 0.1) is 6.04 Å². The monoisotopic (exact) mass is 336 g/mol. The molecule has 2 rings (SSSR count). The maximum absolute atomic E-state index is 12.3. The number of nitrogens with one attached hydrogen (secondary N) is 2. The fourth-order valence-electron chi connectivity index (χ4n) is 2.56. The summed E-state index contributed by atoms with van der Waals surface area (Å²) in [5.41, 5.74) is 2.55. The van der Waals surface area contributed by atoms with E-state index in [0.29, 0.717) is 5.56 Å². The van der Waals surface area contributed by atoms with Gasteiger partial charge in [0.25, 0.3) is 5.91 Å². The lowest BCUT2D eigenvalue weighted by atomic mass is 9.96. The summed E-state index contributed by atoms with van der Waals surface area (Å²) in [6.45, 7) is 4.17. The molecule has 1 unspecified atom stereocenters. The van der Waals surface area contributed by atoms with Crippen LogP contribution in [0.1, 0.15) is 41.4 Å². The van der Waals surface area contributed by atoms with E-state index < -0.39 is 0 Å². The molecule has 0 spiro atoms. The molecule has 0 bridgehead atoms. The summed E-state index contributed by atoms with van der Waals surface area (Å²) in [7, 11) is 1.60. The van der Waals surface area contributed by atoms with Crippen LogP contribution in [0.4, 0.5) is 0 Å². The van der Waals surface area contributed by atoms with Crippen LogP contribution in [-0.4, -0.2) is 18.9 Å². The van der Waals surface area contributed by atoms with Crippen LogP contribution < -0.4 is 10.6 Å². The Balaban J connectivity index is 2.03. The molecule has 0 saturated heterocycles. The van der Waals surface area contributed by atoms with Crippen molar-refractivity contribution in [2.75, 3.05) is 7.05 Å². The van der Waals surface area contributed by atoms with Gasteiger partial charge in [0.1, 0.15) is 0 Å². The van der Waals surface area contributed by atoms with Crippen molar-refractivity contribution in [1.82, 2.24) is 10.6 Å². The first-order chi connectivity index (χ1) is 12.0. The van der Waals surface area contributed by atoms with E-state index in [1.54, 1.807) is 25.3 Å². The van der Waals surface area contributed by atoms with E-state index in [2.05, 4.69) is 24.5 Å². The Bertz CT molecular complexity index is 734. The van der Waals surface area contributed by atoms with Gasteiger partial charge < -0.3 is 10.6 Å². The molecule has 2 amide bonds. The smallest absolute Gasteiger partial charge is 0.251 e. The van der Waals surface area contributed by atoms with Gasteiger partial charge in [0.2, 0.25) is 5.91 Å². The third-order valence-electron chi connectivity index (χ3n) is 3.95. The van der Waals surface area contributed by atoms with Crippen LogP contribution in [-0.2, 0) is 4.79 Å². The van der Waals surface area contributed by atoms with E-state index in [0.717, 1.165) is 11.1 Å². The van der Waals surface area contributed by atoms with E-state index in [1.807, 2.05) is 42.5 Å². The van der Waals surface area contributed by atoms with E-state index in [4.69, 9.17) is 0 Å². The molecule has 2 aromatic rings. The van der Waals surface area contributed by atoms with Crippen molar-refractivity contribution in [1.29, 1.82) is 0 Å². The van der Waals surface area contributed by atoms with E-state index in [-0.39, 0.29) is 23.8 Å². The average Bonchev–Trinajstić information content (AvgIpc) is 2.64. The number of hydrogen-bond acceptors (Lipinski definition) is 2. The van der Waals surface area contributed by atoms with Gasteiger partial charge in [0, 0.05) is 18.7 Å². The van der Waals surface area contributed by atoms with E-state index >= 15 is 0 Å². The number of carbonyl (C=O) groups is 2. The van der Waals surface area contributed by atoms with Gasteiger partial charge in [-0.25, -0.2) is 0 Å². The number of rotatable bonds is 6. The maximum Gasteiger partial charge on any atom is 0.251 e. The van der Waals surface area contributed by atoms with Crippen LogP contribution in [0.2, 0.25) is 0 Å². The first kappa shape index (κ1) is 18.5. The van der Waals surface area contributed by atoms with Gasteiger partial charge in [0.15, 0.2) is 0 Å². The maximum atomic E-state index is 12.3. The van der Waals surface area contributed by atoms with Gasteiger partial charge in [-0.15, -0.1) is 0 Å². The van der Waals surface area contributed by atoms with Crippen molar-refractivity contribution in [3.63, 3.8) is 0 Å². The Labute approximate surface area is 149 Å². The zero-order chi connectivity index (χ0) is 18.2. The SMILES string of the molecule is CNC(=O)c1ccc(/C=C/C(=O)NC(c2ccccc2)C(C)C)cc1. The third kappa shape index (κ3) is 5.31. The molecule has 0 radical (unpaired) electrons. The molecule has 2 aromatic carbocycles. The largest absolute Gasteiger partial charge is 0.355 e. The molecule has 0 heterocycles. The van der Waals surface area contributed by atoms with Crippen molar-refractivity contribution >= 4 is 17.9 Å². The van der Waals surface area contributed by atoms with E-state index in [1.165, 1.54) is 6.08 Å². The molecule has 1 atom stereocenters. The highest BCUT2D eigenvalue weighted by Gasteiger charge is 2.16. The van der Waals surface area contributed by atoms with Crippen molar-refractivity contribution in [3.05, 3.63) is 77.4 Å². The van der Waals surface area contributed by atoms with Crippen LogP contribution in [0.5, 0.6) is 0 Å². The molecule has 4 heteroatoms. The van der Waals surface area contributed by atoms with Crippen molar-refractivity contribution < 1.29 is 9.59 Å². The van der Waals surface area contributed by atoms with Crippen LogP contribution >= 0.6 is 0 Å². The van der Waals surface area contributed by atoms with Gasteiger partial charge in [-0.2, -0.15) is 0 Å². The summed E-state index contributed by atoms with van der Waals surface area (Å²) in [5, 5.41) is 5.63. The fraction of sp³-hybridized carbons (Fsp3) is 0.238. The lowest BCUT2D eigenvalue weighted by Gasteiger charge is -2.22. The van der Waals surface area contributed by atoms with Crippen LogP contribution in [0, 0.1) is 5.92 Å². The van der Waals surface area contributed by atoms with E-state index in [9.17, 15) is 9.59 Å². The summed E-state index contributed by atoms with van der Waals surface area (Å²) < 4.78 is 0. The van der Waals surface area contributed by atoms with Crippen LogP contribution in [0.25, 0.3) is 6.08 Å². The highest BCUT2D eigenvalue weighted by molar-refractivity contribution is 5.94. The zero-order valence-electron chi connectivity index (χ0n) is 14.8. The molecule has 0 aliphatic carbocycles. The zero-order valence-corrected chi connectivity index (χ0v) is 14.8. The second-order valence-corrected chi connectivity index (χ2v) is 6.18. The molecule has 0 saturated carbocycles. The Morgan fingerprint density at radius 3 is 2.16 bits per heavy atom. The van der Waals surface area contributed by atoms with Gasteiger partial charge in [-0.05, 0) is 35.3 Å². The minimum Gasteiger partial charge on any atom is -0.355 e. The van der Waals surface area contributed by atoms with Crippen LogP contribution in [0.15, 0.2) is 60.7 Å². The first-order valence-corrected chi connectivity index (χ1v) is 8.37. The average molecular weight is 336 g/mol. The molecule has 0 aliphatic rings. The molecule has 130 valence electrons. The molecule has 0 fully saturated rings. The highest BCUT2D eigenvalue weighted by Crippen LogP contribution is 2.21. The predicted molar refractivity (Wildman–Crippen MR) is 101 cm³/mol. The van der Waals surface area contributed by atoms with Crippen molar-refractivity contribution in [3.8, 4) is 0 Å².